The van der Waals surface area contributed by atoms with Gasteiger partial charge in [-0.2, -0.15) is 0 Å². The molecule has 19 heavy (non-hydrogen) atoms. The third-order valence-corrected chi connectivity index (χ3v) is 4.01. The Bertz CT molecular complexity index is 555. The third-order valence-electron chi connectivity index (χ3n) is 2.60. The van der Waals surface area contributed by atoms with Gasteiger partial charge in [0.25, 0.3) is 0 Å². The van der Waals surface area contributed by atoms with E-state index in [4.69, 9.17) is 0 Å². The lowest BCUT2D eigenvalue weighted by Gasteiger charge is -2.11. The van der Waals surface area contributed by atoms with Crippen LogP contribution in [0.25, 0.3) is 0 Å². The summed E-state index contributed by atoms with van der Waals surface area (Å²) in [7, 11) is -2.16. The molecule has 1 aromatic carbocycles. The number of hydrogen-bond acceptors (Lipinski definition) is 4. The van der Waals surface area contributed by atoms with Crippen LogP contribution in [0.2, 0.25) is 0 Å². The van der Waals surface area contributed by atoms with Crippen LogP contribution in [-0.4, -0.2) is 34.5 Å². The van der Waals surface area contributed by atoms with Crippen LogP contribution in [0, 0.1) is 6.92 Å². The van der Waals surface area contributed by atoms with E-state index in [1.807, 2.05) is 6.92 Å². The smallest absolute Gasteiger partial charge is 0.240 e. The van der Waals surface area contributed by atoms with E-state index in [1.54, 1.807) is 13.0 Å². The van der Waals surface area contributed by atoms with Crippen LogP contribution < -0.4 is 15.4 Å². The first-order valence-corrected chi connectivity index (χ1v) is 7.43. The highest BCUT2D eigenvalue weighted by atomic mass is 32.2. The maximum Gasteiger partial charge on any atom is 0.240 e. The van der Waals surface area contributed by atoms with Crippen LogP contribution in [0.4, 0.5) is 5.69 Å². The number of sulfonamides is 1. The van der Waals surface area contributed by atoms with Crippen molar-refractivity contribution >= 4 is 21.6 Å². The number of carbonyl (C=O) groups excluding carboxylic acids is 1. The van der Waals surface area contributed by atoms with Gasteiger partial charge in [-0.3, -0.25) is 4.79 Å². The highest BCUT2D eigenvalue weighted by molar-refractivity contribution is 7.89. The monoisotopic (exact) mass is 285 g/mol. The Hall–Kier alpha value is -1.44. The summed E-state index contributed by atoms with van der Waals surface area (Å²) in [5, 5.41) is 5.59. The molecule has 0 unspecified atom stereocenters. The summed E-state index contributed by atoms with van der Waals surface area (Å²) >= 11 is 0. The summed E-state index contributed by atoms with van der Waals surface area (Å²) in [5.74, 6) is -0.205. The average Bonchev–Trinajstić information content (AvgIpc) is 2.38. The molecule has 6 nitrogen and oxygen atoms in total. The fourth-order valence-electron chi connectivity index (χ4n) is 1.45. The van der Waals surface area contributed by atoms with Gasteiger partial charge in [-0.05, 0) is 38.2 Å². The van der Waals surface area contributed by atoms with Crippen molar-refractivity contribution in [2.24, 2.45) is 0 Å². The molecule has 0 fully saturated rings. The van der Waals surface area contributed by atoms with Crippen LogP contribution >= 0.6 is 0 Å². The van der Waals surface area contributed by atoms with E-state index in [1.165, 1.54) is 19.2 Å². The number of nitrogens with one attached hydrogen (secondary N) is 3. The molecule has 0 bridgehead atoms. The second-order valence-corrected chi connectivity index (χ2v) is 5.90. The second-order valence-electron chi connectivity index (χ2n) is 4.01. The van der Waals surface area contributed by atoms with E-state index in [-0.39, 0.29) is 17.3 Å². The fraction of sp³-hybridized carbons (Fsp3) is 0.417. The van der Waals surface area contributed by atoms with Gasteiger partial charge in [-0.1, -0.05) is 13.0 Å². The lowest BCUT2D eigenvalue weighted by atomic mass is 10.2. The largest absolute Gasteiger partial charge is 0.325 e. The average molecular weight is 285 g/mol. The minimum absolute atomic E-state index is 0.124. The minimum Gasteiger partial charge on any atom is -0.325 e. The Morgan fingerprint density at radius 2 is 2.00 bits per heavy atom. The number of anilines is 1. The number of aryl methyl sites for hydroxylation is 1. The van der Waals surface area contributed by atoms with Crippen molar-refractivity contribution in [2.45, 2.75) is 18.7 Å². The first-order chi connectivity index (χ1) is 8.90. The molecule has 3 N–H and O–H groups in total. The Labute approximate surface area is 113 Å². The standard InChI is InChI=1S/C12H19N3O3S/c1-4-14-8-12(16)15-11-7-10(6-5-9(11)2)19(17,18)13-3/h5-7,13-14H,4,8H2,1-3H3,(H,15,16). The second kappa shape index (κ2) is 6.65. The van der Waals surface area contributed by atoms with E-state index in [0.717, 1.165) is 5.56 Å². The van der Waals surface area contributed by atoms with Crippen molar-refractivity contribution in [1.29, 1.82) is 0 Å². The van der Waals surface area contributed by atoms with Gasteiger partial charge in [0.1, 0.15) is 0 Å². The molecule has 106 valence electrons. The number of rotatable bonds is 6. The number of benzene rings is 1. The predicted molar refractivity (Wildman–Crippen MR) is 74.6 cm³/mol. The van der Waals surface area contributed by atoms with Crippen molar-refractivity contribution < 1.29 is 13.2 Å². The van der Waals surface area contributed by atoms with Crippen LogP contribution in [0.3, 0.4) is 0 Å². The lowest BCUT2D eigenvalue weighted by Crippen LogP contribution is -2.28. The SMILES string of the molecule is CCNCC(=O)Nc1cc(S(=O)(=O)NC)ccc1C. The first-order valence-electron chi connectivity index (χ1n) is 5.95. The zero-order valence-electron chi connectivity index (χ0n) is 11.3. The molecule has 0 radical (unpaired) electrons. The van der Waals surface area contributed by atoms with Crippen LogP contribution in [0.1, 0.15) is 12.5 Å². The van der Waals surface area contributed by atoms with Gasteiger partial charge in [0.05, 0.1) is 11.4 Å². The van der Waals surface area contributed by atoms with Crippen molar-refractivity contribution in [3.8, 4) is 0 Å². The molecule has 0 heterocycles. The summed E-state index contributed by atoms with van der Waals surface area (Å²) in [4.78, 5) is 11.7. The first kappa shape index (κ1) is 15.6. The molecule has 1 aromatic rings. The zero-order chi connectivity index (χ0) is 14.5. The topological polar surface area (TPSA) is 87.3 Å². The fourth-order valence-corrected chi connectivity index (χ4v) is 2.21. The van der Waals surface area contributed by atoms with Gasteiger partial charge >= 0.3 is 0 Å². The van der Waals surface area contributed by atoms with Crippen molar-refractivity contribution in [1.82, 2.24) is 10.0 Å². The van der Waals surface area contributed by atoms with Gasteiger partial charge < -0.3 is 10.6 Å². The van der Waals surface area contributed by atoms with Gasteiger partial charge in [-0.25, -0.2) is 13.1 Å². The summed E-state index contributed by atoms with van der Waals surface area (Å²) in [6.45, 7) is 4.59. The highest BCUT2D eigenvalue weighted by Gasteiger charge is 2.13. The number of likely N-dealkylation sites (N-methyl/N-ethyl adjacent to an activating group) is 1. The molecule has 0 saturated heterocycles. The summed E-state index contributed by atoms with van der Waals surface area (Å²) < 4.78 is 25.6. The molecule has 1 rings (SSSR count). The number of carbonyl (C=O) groups is 1. The highest BCUT2D eigenvalue weighted by Crippen LogP contribution is 2.19. The van der Waals surface area contributed by atoms with Crippen LogP contribution in [-0.2, 0) is 14.8 Å². The molecule has 0 saturated carbocycles. The van der Waals surface area contributed by atoms with E-state index in [9.17, 15) is 13.2 Å². The van der Waals surface area contributed by atoms with Gasteiger partial charge in [0.2, 0.25) is 15.9 Å². The normalized spacial score (nSPS) is 11.3. The molecular formula is C12H19N3O3S. The van der Waals surface area contributed by atoms with Crippen molar-refractivity contribution in [3.05, 3.63) is 23.8 Å². The van der Waals surface area contributed by atoms with Gasteiger partial charge in [0, 0.05) is 5.69 Å². The molecule has 0 aliphatic rings. The molecule has 0 aliphatic heterocycles. The third kappa shape index (κ3) is 4.30. The summed E-state index contributed by atoms with van der Waals surface area (Å²) in [6.07, 6.45) is 0. The molecule has 1 amide bonds. The lowest BCUT2D eigenvalue weighted by molar-refractivity contribution is -0.115. The van der Waals surface area contributed by atoms with E-state index in [2.05, 4.69) is 15.4 Å². The Morgan fingerprint density at radius 3 is 2.58 bits per heavy atom. The predicted octanol–water partition coefficient (Wildman–Crippen LogP) is 0.451. The van der Waals surface area contributed by atoms with Crippen LogP contribution in [0.5, 0.6) is 0 Å². The maximum absolute atomic E-state index is 11.7. The Balaban J connectivity index is 2.95. The quantitative estimate of drug-likeness (QED) is 0.708. The maximum atomic E-state index is 11.7. The Morgan fingerprint density at radius 1 is 1.32 bits per heavy atom. The van der Waals surface area contributed by atoms with E-state index >= 15 is 0 Å². The number of amides is 1. The molecule has 0 spiro atoms. The van der Waals surface area contributed by atoms with Gasteiger partial charge in [-0.15, -0.1) is 0 Å². The van der Waals surface area contributed by atoms with Crippen molar-refractivity contribution in [3.63, 3.8) is 0 Å². The van der Waals surface area contributed by atoms with Gasteiger partial charge in [0.15, 0.2) is 0 Å². The summed E-state index contributed by atoms with van der Waals surface area (Å²) in [6, 6.07) is 4.61. The Kier molecular flexibility index (Phi) is 5.46. The molecule has 7 heteroatoms. The van der Waals surface area contributed by atoms with E-state index < -0.39 is 10.0 Å². The molecule has 0 aliphatic carbocycles. The van der Waals surface area contributed by atoms with Crippen molar-refractivity contribution in [2.75, 3.05) is 25.5 Å². The number of hydrogen-bond donors (Lipinski definition) is 3. The van der Waals surface area contributed by atoms with Crippen LogP contribution in [0.15, 0.2) is 23.1 Å². The summed E-state index contributed by atoms with van der Waals surface area (Å²) in [5.41, 5.74) is 1.30. The molecule has 0 aromatic heterocycles. The van der Waals surface area contributed by atoms with E-state index in [0.29, 0.717) is 12.2 Å². The minimum atomic E-state index is -3.51. The molecule has 0 atom stereocenters. The molecular weight excluding hydrogens is 266 g/mol. The zero-order valence-corrected chi connectivity index (χ0v) is 12.1.